The van der Waals surface area contributed by atoms with Gasteiger partial charge in [-0.3, -0.25) is 9.69 Å². The number of likely N-dealkylation sites (tertiary alicyclic amines) is 1. The van der Waals surface area contributed by atoms with Gasteiger partial charge >= 0.3 is 0 Å². The number of nitrogens with zero attached hydrogens (tertiary/aromatic N) is 1. The first-order valence-electron chi connectivity index (χ1n) is 8.93. The number of rotatable bonds is 4. The number of benzene rings is 1. The second kappa shape index (κ2) is 7.01. The zero-order valence-electron chi connectivity index (χ0n) is 14.9. The largest absolute Gasteiger partial charge is 0.454 e. The van der Waals surface area contributed by atoms with Gasteiger partial charge in [-0.25, -0.2) is 0 Å². The summed E-state index contributed by atoms with van der Waals surface area (Å²) in [5.74, 6) is 1.59. The monoisotopic (exact) mass is 332 g/mol. The molecule has 132 valence electrons. The zero-order valence-corrected chi connectivity index (χ0v) is 14.9. The van der Waals surface area contributed by atoms with Crippen LogP contribution in [0.3, 0.4) is 0 Å². The van der Waals surface area contributed by atoms with Crippen molar-refractivity contribution in [3.63, 3.8) is 0 Å². The maximum absolute atomic E-state index is 12.8. The molecule has 5 heteroatoms. The van der Waals surface area contributed by atoms with Crippen LogP contribution >= 0.6 is 0 Å². The molecule has 2 aliphatic heterocycles. The number of nitrogens with one attached hydrogen (secondary N) is 1. The SMILES string of the molecule is CC(C(=O)NC(C)(C)c1ccc2c(c1)OCO2)N1CCCCCC1. The molecule has 1 aromatic rings. The first kappa shape index (κ1) is 17.1. The minimum atomic E-state index is -0.460. The second-order valence-corrected chi connectivity index (χ2v) is 7.31. The molecule has 1 amide bonds. The lowest BCUT2D eigenvalue weighted by Crippen LogP contribution is -2.51. The second-order valence-electron chi connectivity index (χ2n) is 7.31. The molecule has 1 unspecified atom stereocenters. The van der Waals surface area contributed by atoms with Crippen LogP contribution in [0.15, 0.2) is 18.2 Å². The van der Waals surface area contributed by atoms with E-state index < -0.39 is 5.54 Å². The fraction of sp³-hybridized carbons (Fsp3) is 0.632. The van der Waals surface area contributed by atoms with Crippen molar-refractivity contribution in [3.8, 4) is 11.5 Å². The molecular weight excluding hydrogens is 304 g/mol. The molecule has 0 saturated carbocycles. The summed E-state index contributed by atoms with van der Waals surface area (Å²) >= 11 is 0. The van der Waals surface area contributed by atoms with E-state index >= 15 is 0 Å². The van der Waals surface area contributed by atoms with Crippen molar-refractivity contribution in [1.29, 1.82) is 0 Å². The zero-order chi connectivity index (χ0) is 17.2. The normalized spacial score (nSPS) is 19.6. The Labute approximate surface area is 144 Å². The van der Waals surface area contributed by atoms with Crippen molar-refractivity contribution in [1.82, 2.24) is 10.2 Å². The summed E-state index contributed by atoms with van der Waals surface area (Å²) in [5.41, 5.74) is 0.557. The van der Waals surface area contributed by atoms with Crippen LogP contribution in [0.2, 0.25) is 0 Å². The molecule has 1 aromatic carbocycles. The molecule has 0 aliphatic carbocycles. The topological polar surface area (TPSA) is 50.8 Å². The molecule has 5 nitrogen and oxygen atoms in total. The van der Waals surface area contributed by atoms with Crippen LogP contribution in [-0.2, 0) is 10.3 Å². The molecule has 24 heavy (non-hydrogen) atoms. The van der Waals surface area contributed by atoms with Gasteiger partial charge in [0.2, 0.25) is 12.7 Å². The highest BCUT2D eigenvalue weighted by molar-refractivity contribution is 5.82. The summed E-state index contributed by atoms with van der Waals surface area (Å²) in [4.78, 5) is 15.1. The molecule has 2 heterocycles. The minimum Gasteiger partial charge on any atom is -0.454 e. The van der Waals surface area contributed by atoms with Gasteiger partial charge in [-0.05, 0) is 64.4 Å². The number of fused-ring (bicyclic) bond motifs is 1. The summed E-state index contributed by atoms with van der Waals surface area (Å²) in [6, 6.07) is 5.75. The highest BCUT2D eigenvalue weighted by Gasteiger charge is 2.29. The Morgan fingerprint density at radius 1 is 1.12 bits per heavy atom. The van der Waals surface area contributed by atoms with E-state index in [1.165, 1.54) is 25.7 Å². The Morgan fingerprint density at radius 3 is 2.50 bits per heavy atom. The van der Waals surface area contributed by atoms with E-state index in [-0.39, 0.29) is 18.7 Å². The summed E-state index contributed by atoms with van der Waals surface area (Å²) < 4.78 is 10.8. The summed E-state index contributed by atoms with van der Waals surface area (Å²) in [5, 5.41) is 3.20. The fourth-order valence-corrected chi connectivity index (χ4v) is 3.42. The minimum absolute atomic E-state index is 0.0829. The van der Waals surface area contributed by atoms with Crippen molar-refractivity contribution >= 4 is 5.91 Å². The number of hydrogen-bond donors (Lipinski definition) is 1. The quantitative estimate of drug-likeness (QED) is 0.921. The fourth-order valence-electron chi connectivity index (χ4n) is 3.42. The Balaban J connectivity index is 1.67. The predicted molar refractivity (Wildman–Crippen MR) is 93.2 cm³/mol. The number of amides is 1. The van der Waals surface area contributed by atoms with E-state index in [9.17, 15) is 4.79 Å². The average Bonchev–Trinajstić information content (AvgIpc) is 2.86. The molecule has 0 aromatic heterocycles. The molecule has 1 fully saturated rings. The number of carbonyl (C=O) groups is 1. The third kappa shape index (κ3) is 3.66. The first-order chi connectivity index (χ1) is 11.5. The predicted octanol–water partition coefficient (Wildman–Crippen LogP) is 3.03. The molecule has 0 spiro atoms. The molecule has 1 N–H and O–H groups in total. The number of carbonyl (C=O) groups excluding carboxylic acids is 1. The van der Waals surface area contributed by atoms with Crippen LogP contribution in [0.5, 0.6) is 11.5 Å². The Morgan fingerprint density at radius 2 is 1.79 bits per heavy atom. The van der Waals surface area contributed by atoms with Crippen LogP contribution < -0.4 is 14.8 Å². The van der Waals surface area contributed by atoms with Gasteiger partial charge in [0.15, 0.2) is 11.5 Å². The first-order valence-corrected chi connectivity index (χ1v) is 8.93. The van der Waals surface area contributed by atoms with E-state index in [0.717, 1.165) is 30.2 Å². The number of ether oxygens (including phenoxy) is 2. The lowest BCUT2D eigenvalue weighted by Gasteiger charge is -2.32. The van der Waals surface area contributed by atoms with Crippen molar-refractivity contribution in [2.75, 3.05) is 19.9 Å². The van der Waals surface area contributed by atoms with Crippen LogP contribution in [0, 0.1) is 0 Å². The molecule has 1 atom stereocenters. The van der Waals surface area contributed by atoms with Gasteiger partial charge in [-0.2, -0.15) is 0 Å². The Bertz CT molecular complexity index is 592. The van der Waals surface area contributed by atoms with Crippen molar-refractivity contribution in [2.24, 2.45) is 0 Å². The van der Waals surface area contributed by atoms with Crippen molar-refractivity contribution < 1.29 is 14.3 Å². The van der Waals surface area contributed by atoms with E-state index in [4.69, 9.17) is 9.47 Å². The van der Waals surface area contributed by atoms with Crippen LogP contribution in [0.1, 0.15) is 52.0 Å². The van der Waals surface area contributed by atoms with Gasteiger partial charge in [0.05, 0.1) is 11.6 Å². The molecule has 0 bridgehead atoms. The Hall–Kier alpha value is -1.75. The van der Waals surface area contributed by atoms with Gasteiger partial charge < -0.3 is 14.8 Å². The highest BCUT2D eigenvalue weighted by Crippen LogP contribution is 2.35. The Kier molecular flexibility index (Phi) is 4.99. The highest BCUT2D eigenvalue weighted by atomic mass is 16.7. The van der Waals surface area contributed by atoms with Gasteiger partial charge in [0.25, 0.3) is 0 Å². The van der Waals surface area contributed by atoms with Gasteiger partial charge in [0.1, 0.15) is 0 Å². The molecular formula is C19H28N2O3. The van der Waals surface area contributed by atoms with E-state index in [1.54, 1.807) is 0 Å². The van der Waals surface area contributed by atoms with E-state index in [1.807, 2.05) is 39.0 Å². The van der Waals surface area contributed by atoms with Crippen molar-refractivity contribution in [3.05, 3.63) is 23.8 Å². The third-order valence-corrected chi connectivity index (χ3v) is 5.10. The standard InChI is InChI=1S/C19H28N2O3/c1-14(21-10-6-4-5-7-11-21)18(22)20-19(2,3)15-8-9-16-17(12-15)24-13-23-16/h8-9,12,14H,4-7,10-11,13H2,1-3H3,(H,20,22). The molecule has 2 aliphatic rings. The van der Waals surface area contributed by atoms with Gasteiger partial charge in [-0.1, -0.05) is 18.9 Å². The molecule has 1 saturated heterocycles. The van der Waals surface area contributed by atoms with Gasteiger partial charge in [0, 0.05) is 0 Å². The maximum atomic E-state index is 12.8. The van der Waals surface area contributed by atoms with Crippen LogP contribution in [-0.4, -0.2) is 36.7 Å². The summed E-state index contributed by atoms with van der Waals surface area (Å²) in [7, 11) is 0. The average molecular weight is 332 g/mol. The smallest absolute Gasteiger partial charge is 0.237 e. The summed E-state index contributed by atoms with van der Waals surface area (Å²) in [6.07, 6.45) is 4.91. The van der Waals surface area contributed by atoms with Crippen LogP contribution in [0.4, 0.5) is 0 Å². The van der Waals surface area contributed by atoms with Gasteiger partial charge in [-0.15, -0.1) is 0 Å². The maximum Gasteiger partial charge on any atom is 0.237 e. The van der Waals surface area contributed by atoms with Crippen LogP contribution in [0.25, 0.3) is 0 Å². The molecule has 0 radical (unpaired) electrons. The van der Waals surface area contributed by atoms with E-state index in [0.29, 0.717) is 0 Å². The van der Waals surface area contributed by atoms with Crippen molar-refractivity contribution in [2.45, 2.75) is 58.0 Å². The molecule has 3 rings (SSSR count). The third-order valence-electron chi connectivity index (χ3n) is 5.10. The summed E-state index contributed by atoms with van der Waals surface area (Å²) in [6.45, 7) is 8.35. The lowest BCUT2D eigenvalue weighted by atomic mass is 9.93. The lowest BCUT2D eigenvalue weighted by molar-refractivity contribution is -0.127. The van der Waals surface area contributed by atoms with E-state index in [2.05, 4.69) is 10.2 Å². The number of hydrogen-bond acceptors (Lipinski definition) is 4.